The summed E-state index contributed by atoms with van der Waals surface area (Å²) in [4.78, 5) is 35.4. The van der Waals surface area contributed by atoms with E-state index in [-0.39, 0.29) is 15.6 Å². The molecule has 0 unspecified atom stereocenters. The summed E-state index contributed by atoms with van der Waals surface area (Å²) in [6.07, 6.45) is -0.521. The lowest BCUT2D eigenvalue weighted by molar-refractivity contribution is -0.115. The molecule has 0 bridgehead atoms. The maximum absolute atomic E-state index is 13.9. The molecule has 0 aliphatic heterocycles. The lowest BCUT2D eigenvalue weighted by Gasteiger charge is -2.06. The zero-order valence-corrected chi connectivity index (χ0v) is 20.3. The normalized spacial score (nSPS) is 10.9. The maximum Gasteiger partial charge on any atom is 0.268 e. The fraction of sp³-hybridized carbons (Fsp3) is 0.130. The van der Waals surface area contributed by atoms with Gasteiger partial charge in [0, 0.05) is 5.56 Å². The number of benzene rings is 2. The third kappa shape index (κ3) is 5.14. The highest BCUT2D eigenvalue weighted by Crippen LogP contribution is 2.37. The highest BCUT2D eigenvalue weighted by atomic mass is 35.5. The topological polar surface area (TPSA) is 84.0 Å². The van der Waals surface area contributed by atoms with Crippen LogP contribution < -0.4 is 10.6 Å². The van der Waals surface area contributed by atoms with Crippen LogP contribution in [0, 0.1) is 25.5 Å². The minimum Gasteiger partial charge on any atom is -0.320 e. The molecule has 0 fully saturated rings. The van der Waals surface area contributed by atoms with Gasteiger partial charge >= 0.3 is 0 Å². The molecule has 11 heteroatoms. The molecule has 0 aliphatic carbocycles. The number of anilines is 2. The molecular formula is C23H17ClF2N4O2S2. The fourth-order valence-corrected chi connectivity index (χ4v) is 5.25. The highest BCUT2D eigenvalue weighted by molar-refractivity contribution is 7.19. The summed E-state index contributed by atoms with van der Waals surface area (Å²) in [7, 11) is 0. The summed E-state index contributed by atoms with van der Waals surface area (Å²) in [6, 6.07) is 10.2. The summed E-state index contributed by atoms with van der Waals surface area (Å²) in [5.74, 6) is -2.76. The van der Waals surface area contributed by atoms with Crippen molar-refractivity contribution in [2.45, 2.75) is 20.3 Å². The second-order valence-corrected chi connectivity index (χ2v) is 9.81. The average Bonchev–Trinajstić information content (AvgIpc) is 3.34. The molecule has 0 saturated carbocycles. The highest BCUT2D eigenvalue weighted by Gasteiger charge is 2.24. The van der Waals surface area contributed by atoms with Crippen LogP contribution in [0.3, 0.4) is 0 Å². The van der Waals surface area contributed by atoms with Crippen molar-refractivity contribution in [3.8, 4) is 10.6 Å². The van der Waals surface area contributed by atoms with E-state index in [1.54, 1.807) is 31.2 Å². The van der Waals surface area contributed by atoms with Crippen molar-refractivity contribution in [2.24, 2.45) is 0 Å². The molecule has 34 heavy (non-hydrogen) atoms. The summed E-state index contributed by atoms with van der Waals surface area (Å²) in [5, 5.41) is 6.58. The molecule has 0 saturated heterocycles. The SMILES string of the molecule is Cc1nc(C)c(-c2nc(NC(=O)Cc3c(F)cccc3F)sc2C(=O)Nc2ccccc2Cl)s1. The van der Waals surface area contributed by atoms with E-state index in [1.807, 2.05) is 6.92 Å². The number of hydrogen-bond acceptors (Lipinski definition) is 6. The van der Waals surface area contributed by atoms with E-state index in [0.29, 0.717) is 27.0 Å². The minimum absolute atomic E-state index is 0.117. The van der Waals surface area contributed by atoms with E-state index in [0.717, 1.165) is 28.5 Å². The van der Waals surface area contributed by atoms with E-state index in [2.05, 4.69) is 20.6 Å². The number of rotatable bonds is 6. The molecule has 2 N–H and O–H groups in total. The molecule has 4 aromatic rings. The Morgan fingerprint density at radius 1 is 0.971 bits per heavy atom. The number of carbonyl (C=O) groups excluding carboxylic acids is 2. The van der Waals surface area contributed by atoms with Crippen LogP contribution in [0.15, 0.2) is 42.5 Å². The predicted molar refractivity (Wildman–Crippen MR) is 131 cm³/mol. The van der Waals surface area contributed by atoms with Crippen LogP contribution in [0.5, 0.6) is 0 Å². The number of para-hydroxylation sites is 1. The molecule has 2 heterocycles. The largest absolute Gasteiger partial charge is 0.320 e. The Hall–Kier alpha value is -3.21. The van der Waals surface area contributed by atoms with E-state index in [1.165, 1.54) is 17.4 Å². The minimum atomic E-state index is -0.814. The molecule has 4 rings (SSSR count). The quantitative estimate of drug-likeness (QED) is 0.316. The standard InChI is InChI=1S/C23H17ClF2N4O2S2/c1-11-20(33-12(2)27-11)19-21(22(32)28-17-9-4-3-6-14(17)24)34-23(30-19)29-18(31)10-13-15(25)7-5-8-16(13)26/h3-9H,10H2,1-2H3,(H,28,32)(H,29,30,31). The second-order valence-electron chi connectivity index (χ2n) is 7.20. The van der Waals surface area contributed by atoms with Crippen molar-refractivity contribution < 1.29 is 18.4 Å². The Balaban J connectivity index is 1.65. The number of nitrogens with one attached hydrogen (secondary N) is 2. The van der Waals surface area contributed by atoms with Crippen LogP contribution in [-0.4, -0.2) is 21.8 Å². The van der Waals surface area contributed by atoms with E-state index >= 15 is 0 Å². The molecule has 2 amide bonds. The first-order valence-electron chi connectivity index (χ1n) is 9.96. The van der Waals surface area contributed by atoms with Crippen LogP contribution in [0.4, 0.5) is 19.6 Å². The fourth-order valence-electron chi connectivity index (χ4n) is 3.20. The van der Waals surface area contributed by atoms with Crippen molar-refractivity contribution in [2.75, 3.05) is 10.6 Å². The van der Waals surface area contributed by atoms with Crippen molar-refractivity contribution in [1.82, 2.24) is 9.97 Å². The van der Waals surface area contributed by atoms with E-state index in [4.69, 9.17) is 11.6 Å². The van der Waals surface area contributed by atoms with E-state index < -0.39 is 29.9 Å². The number of halogens is 3. The van der Waals surface area contributed by atoms with Gasteiger partial charge in [0.05, 0.1) is 32.7 Å². The Labute approximate surface area is 206 Å². The number of nitrogens with zero attached hydrogens (tertiary/aromatic N) is 2. The number of amides is 2. The zero-order chi connectivity index (χ0) is 24.4. The predicted octanol–water partition coefficient (Wildman–Crippen LogP) is 6.25. The summed E-state index contributed by atoms with van der Waals surface area (Å²) in [6.45, 7) is 3.63. The zero-order valence-electron chi connectivity index (χ0n) is 17.9. The molecule has 2 aromatic carbocycles. The van der Waals surface area contributed by atoms with Gasteiger partial charge in [0.2, 0.25) is 5.91 Å². The van der Waals surface area contributed by atoms with Crippen molar-refractivity contribution in [1.29, 1.82) is 0 Å². The smallest absolute Gasteiger partial charge is 0.268 e. The summed E-state index contributed by atoms with van der Waals surface area (Å²) in [5.41, 5.74) is 1.12. The second kappa shape index (κ2) is 9.96. The number of carbonyl (C=O) groups is 2. The molecule has 0 atom stereocenters. The monoisotopic (exact) mass is 518 g/mol. The molecule has 0 radical (unpaired) electrons. The van der Waals surface area contributed by atoms with Crippen LogP contribution in [0.1, 0.15) is 25.9 Å². The first-order valence-corrected chi connectivity index (χ1v) is 12.0. The lowest BCUT2D eigenvalue weighted by Crippen LogP contribution is -2.16. The molecule has 174 valence electrons. The van der Waals surface area contributed by atoms with Crippen LogP contribution in [0.2, 0.25) is 5.02 Å². The number of aryl methyl sites for hydroxylation is 2. The van der Waals surface area contributed by atoms with Gasteiger partial charge in [-0.1, -0.05) is 41.1 Å². The van der Waals surface area contributed by atoms with Crippen LogP contribution in [0.25, 0.3) is 10.6 Å². The molecular weight excluding hydrogens is 502 g/mol. The Morgan fingerprint density at radius 3 is 2.32 bits per heavy atom. The molecule has 2 aromatic heterocycles. The molecule has 0 aliphatic rings. The van der Waals surface area contributed by atoms with Crippen molar-refractivity contribution in [3.05, 3.63) is 80.3 Å². The first kappa shape index (κ1) is 23.9. The van der Waals surface area contributed by atoms with Gasteiger partial charge in [-0.3, -0.25) is 9.59 Å². The van der Waals surface area contributed by atoms with Crippen molar-refractivity contribution >= 4 is 56.9 Å². The van der Waals surface area contributed by atoms with Gasteiger partial charge in [0.1, 0.15) is 22.2 Å². The molecule has 6 nitrogen and oxygen atoms in total. The van der Waals surface area contributed by atoms with Gasteiger partial charge in [-0.2, -0.15) is 0 Å². The van der Waals surface area contributed by atoms with Gasteiger partial charge in [0.25, 0.3) is 5.91 Å². The van der Waals surface area contributed by atoms with Crippen LogP contribution >= 0.6 is 34.3 Å². The van der Waals surface area contributed by atoms with E-state index in [9.17, 15) is 18.4 Å². The van der Waals surface area contributed by atoms with Gasteiger partial charge in [-0.15, -0.1) is 11.3 Å². The lowest BCUT2D eigenvalue weighted by atomic mass is 10.1. The number of aromatic nitrogens is 2. The Morgan fingerprint density at radius 2 is 1.68 bits per heavy atom. The maximum atomic E-state index is 13.9. The van der Waals surface area contributed by atoms with Gasteiger partial charge in [-0.25, -0.2) is 18.7 Å². The van der Waals surface area contributed by atoms with Gasteiger partial charge < -0.3 is 10.6 Å². The molecule has 0 spiro atoms. The first-order chi connectivity index (χ1) is 16.2. The van der Waals surface area contributed by atoms with Gasteiger partial charge in [0.15, 0.2) is 5.13 Å². The summed E-state index contributed by atoms with van der Waals surface area (Å²) < 4.78 is 27.9. The average molecular weight is 519 g/mol. The van der Waals surface area contributed by atoms with Crippen LogP contribution in [-0.2, 0) is 11.2 Å². The third-order valence-corrected chi connectivity index (χ3v) is 7.10. The number of thiazole rings is 2. The van der Waals surface area contributed by atoms with Gasteiger partial charge in [-0.05, 0) is 38.1 Å². The third-order valence-electron chi connectivity index (χ3n) is 4.72. The Bertz CT molecular complexity index is 1380. The number of hydrogen-bond donors (Lipinski definition) is 2. The summed E-state index contributed by atoms with van der Waals surface area (Å²) >= 11 is 8.47. The Kier molecular flexibility index (Phi) is 7.01. The van der Waals surface area contributed by atoms with Crippen molar-refractivity contribution in [3.63, 3.8) is 0 Å².